The first-order valence-electron chi connectivity index (χ1n) is 19.7. The van der Waals surface area contributed by atoms with E-state index < -0.39 is 29.2 Å². The zero-order valence-corrected chi connectivity index (χ0v) is 42.1. The zero-order valence-electron chi connectivity index (χ0n) is 37.6. The van der Waals surface area contributed by atoms with Gasteiger partial charge in [-0.05, 0) is 70.2 Å². The standard InChI is InChI=1S/C10H12Cl3N5.C10H13Cl2N5.C10H12ClF2N5.C10H13F2N5/c1-2-18(10(16)17-9(14)15)8-6(12)3-5(11)4-7(8)13;1-2-17(10(15)16-9(13)14)8-6(11)4-3-5-7(8)12;1-2-18(10(16)17-9(14)15)8-6(11)3-5(12)4-7(8)13;1-2-17(10(15)16-9(13)14)8-6(11)4-3-5-7(8)12/h3-4H,2H2,1H3,(H5,14,15,16,17);3-5H,2H2,1H3,(H5,13,14,15,16);3-4H,2H2,1H3,(H5,14,15,16,17);3-5H,2H2,1H3,(H5,13,14,15,16). The third-order valence-corrected chi connectivity index (χ3v) is 9.84. The predicted octanol–water partition coefficient (Wildman–Crippen LogP) is 7.36. The number of para-hydroxylation sites is 2. The number of hydrogen-bond acceptors (Lipinski definition) is 4. The maximum Gasteiger partial charge on any atom is 0.225 e. The second-order valence-corrected chi connectivity index (χ2v) is 15.5. The summed E-state index contributed by atoms with van der Waals surface area (Å²) in [4.78, 5) is 19.4. The van der Waals surface area contributed by atoms with Crippen molar-refractivity contribution in [3.05, 3.63) is 114 Å². The summed E-state index contributed by atoms with van der Waals surface area (Å²) in [5.41, 5.74) is 41.9. The van der Waals surface area contributed by atoms with E-state index in [0.717, 1.165) is 28.0 Å². The summed E-state index contributed by atoms with van der Waals surface area (Å²) in [6, 6.07) is 13.2. The van der Waals surface area contributed by atoms with Crippen LogP contribution in [0.5, 0.6) is 0 Å². The lowest BCUT2D eigenvalue weighted by Gasteiger charge is -2.23. The first kappa shape index (κ1) is 61.3. The van der Waals surface area contributed by atoms with Crippen LogP contribution in [0.2, 0.25) is 30.1 Å². The van der Waals surface area contributed by atoms with Gasteiger partial charge < -0.3 is 65.5 Å². The van der Waals surface area contributed by atoms with Gasteiger partial charge in [0, 0.05) is 37.3 Å². The molecule has 4 rings (SSSR count). The molecule has 0 amide bonds. The fourth-order valence-corrected chi connectivity index (χ4v) is 7.38. The number of nitrogens with one attached hydrogen (secondary N) is 4. The average molecular weight is 1100 g/mol. The fourth-order valence-electron chi connectivity index (χ4n) is 5.46. The monoisotopic (exact) mass is 1100 g/mol. The third-order valence-electron chi connectivity index (χ3n) is 8.15. The minimum Gasteiger partial charge on any atom is -0.370 e. The number of rotatable bonds is 8. The van der Waals surface area contributed by atoms with E-state index in [9.17, 15) is 17.6 Å². The molecule has 4 aromatic carbocycles. The maximum absolute atomic E-state index is 13.7. The van der Waals surface area contributed by atoms with Gasteiger partial charge in [-0.1, -0.05) is 81.7 Å². The zero-order chi connectivity index (χ0) is 53.7. The minimum atomic E-state index is -0.891. The van der Waals surface area contributed by atoms with Gasteiger partial charge in [-0.2, -0.15) is 20.0 Å². The SMILES string of the molecule is CCN(C(=N)N=C(N)N)c1c(Cl)cc(Cl)cc1Cl.CCN(C(=N)N=C(N)N)c1c(Cl)cccc1Cl.CCN(C(=N)N=C(N)N)c1c(F)cc(F)cc1Cl.CCN(C(=N)N=C(N)N)c1c(F)cccc1F. The molecular formula is C40H50Cl6F4N20. The number of benzene rings is 4. The quantitative estimate of drug-likeness (QED) is 0.0468. The highest BCUT2D eigenvalue weighted by atomic mass is 35.5. The summed E-state index contributed by atoms with van der Waals surface area (Å²) in [7, 11) is 0. The maximum atomic E-state index is 13.7. The van der Waals surface area contributed by atoms with Crippen molar-refractivity contribution >= 4 is 140 Å². The van der Waals surface area contributed by atoms with Gasteiger partial charge in [0.05, 0.1) is 42.2 Å². The van der Waals surface area contributed by atoms with E-state index in [1.54, 1.807) is 32.0 Å². The molecule has 0 unspecified atom stereocenters. The summed E-state index contributed by atoms with van der Waals surface area (Å²) in [5.74, 6) is -5.38. The van der Waals surface area contributed by atoms with Crippen molar-refractivity contribution in [1.29, 1.82) is 21.6 Å². The van der Waals surface area contributed by atoms with Gasteiger partial charge in [0.15, 0.2) is 29.7 Å². The summed E-state index contributed by atoms with van der Waals surface area (Å²) in [6.45, 7) is 8.19. The Morgan fingerprint density at radius 3 is 1.01 bits per heavy atom. The summed E-state index contributed by atoms with van der Waals surface area (Å²) in [5, 5.41) is 32.5. The van der Waals surface area contributed by atoms with Crippen LogP contribution >= 0.6 is 69.6 Å². The van der Waals surface area contributed by atoms with E-state index in [1.165, 1.54) is 28.0 Å². The Kier molecular flexibility index (Phi) is 25.7. The molecule has 0 atom stereocenters. The highest BCUT2D eigenvalue weighted by molar-refractivity contribution is 6.42. The number of nitrogens with two attached hydrogens (primary N) is 8. The van der Waals surface area contributed by atoms with Crippen LogP contribution in [-0.2, 0) is 0 Å². The predicted molar refractivity (Wildman–Crippen MR) is 282 cm³/mol. The summed E-state index contributed by atoms with van der Waals surface area (Å²) in [6.07, 6.45) is 0. The fraction of sp³-hybridized carbons (Fsp3) is 0.200. The molecule has 0 heterocycles. The first-order valence-corrected chi connectivity index (χ1v) is 21.9. The van der Waals surface area contributed by atoms with Gasteiger partial charge in [0.1, 0.15) is 23.1 Å². The van der Waals surface area contributed by atoms with Crippen LogP contribution in [0.15, 0.2) is 80.6 Å². The molecule has 0 saturated carbocycles. The van der Waals surface area contributed by atoms with Crippen LogP contribution in [-0.4, -0.2) is 73.9 Å². The van der Waals surface area contributed by atoms with Gasteiger partial charge >= 0.3 is 0 Å². The van der Waals surface area contributed by atoms with Gasteiger partial charge in [0.2, 0.25) is 23.8 Å². The summed E-state index contributed by atoms with van der Waals surface area (Å²) < 4.78 is 53.6. The second kappa shape index (κ2) is 29.4. The van der Waals surface area contributed by atoms with Gasteiger partial charge in [0.25, 0.3) is 0 Å². The molecular weight excluding hydrogens is 1050 g/mol. The van der Waals surface area contributed by atoms with E-state index in [0.29, 0.717) is 55.6 Å². The molecule has 0 spiro atoms. The Balaban J connectivity index is 0.000000467. The molecule has 4 aromatic rings. The lowest BCUT2D eigenvalue weighted by Crippen LogP contribution is -2.34. The Hall–Kier alpha value is -6.70. The number of anilines is 4. The van der Waals surface area contributed by atoms with Crippen LogP contribution in [0.1, 0.15) is 27.7 Å². The van der Waals surface area contributed by atoms with Gasteiger partial charge in [-0.15, -0.1) is 0 Å². The molecule has 380 valence electrons. The van der Waals surface area contributed by atoms with Crippen molar-refractivity contribution in [2.24, 2.45) is 65.8 Å². The Bertz CT molecular complexity index is 2350. The van der Waals surface area contributed by atoms with Crippen molar-refractivity contribution in [3.8, 4) is 0 Å². The second-order valence-electron chi connectivity index (χ2n) is 13.0. The number of aliphatic imine (C=N–C) groups is 4. The number of nitrogens with zero attached hydrogens (tertiary/aromatic N) is 8. The molecule has 0 saturated heterocycles. The van der Waals surface area contributed by atoms with Crippen LogP contribution in [0, 0.1) is 44.9 Å². The lowest BCUT2D eigenvalue weighted by atomic mass is 10.2. The summed E-state index contributed by atoms with van der Waals surface area (Å²) >= 11 is 35.8. The molecule has 0 aliphatic heterocycles. The number of guanidine groups is 8. The van der Waals surface area contributed by atoms with Crippen LogP contribution in [0.3, 0.4) is 0 Å². The van der Waals surface area contributed by atoms with E-state index >= 15 is 0 Å². The number of halogens is 10. The molecule has 20 N–H and O–H groups in total. The topological polar surface area (TPSA) is 366 Å². The molecule has 30 heteroatoms. The molecule has 0 aliphatic carbocycles. The van der Waals surface area contributed by atoms with E-state index in [-0.39, 0.29) is 71.2 Å². The van der Waals surface area contributed by atoms with Crippen molar-refractivity contribution in [2.45, 2.75) is 27.7 Å². The Morgan fingerprint density at radius 1 is 0.414 bits per heavy atom. The Morgan fingerprint density at radius 2 is 0.700 bits per heavy atom. The van der Waals surface area contributed by atoms with E-state index in [4.69, 9.17) is 137 Å². The average Bonchev–Trinajstić information content (AvgIpc) is 3.22. The molecule has 0 bridgehead atoms. The molecule has 0 radical (unpaired) electrons. The molecule has 0 aromatic heterocycles. The highest BCUT2D eigenvalue weighted by Gasteiger charge is 2.22. The normalized spacial score (nSPS) is 9.91. The minimum absolute atomic E-state index is 0.109. The lowest BCUT2D eigenvalue weighted by molar-refractivity contribution is 0.582. The van der Waals surface area contributed by atoms with Crippen molar-refractivity contribution in [3.63, 3.8) is 0 Å². The van der Waals surface area contributed by atoms with Crippen LogP contribution in [0.25, 0.3) is 0 Å². The Labute approximate surface area is 430 Å². The van der Waals surface area contributed by atoms with Crippen molar-refractivity contribution in [2.75, 3.05) is 45.8 Å². The smallest absolute Gasteiger partial charge is 0.225 e. The van der Waals surface area contributed by atoms with Crippen molar-refractivity contribution in [1.82, 2.24) is 0 Å². The molecule has 0 aliphatic rings. The van der Waals surface area contributed by atoms with Gasteiger partial charge in [-0.25, -0.2) is 17.6 Å². The van der Waals surface area contributed by atoms with Gasteiger partial charge in [-0.3, -0.25) is 21.6 Å². The van der Waals surface area contributed by atoms with E-state index in [2.05, 4.69) is 20.0 Å². The molecule has 20 nitrogen and oxygen atoms in total. The van der Waals surface area contributed by atoms with Crippen LogP contribution in [0.4, 0.5) is 40.3 Å². The number of hydrogen-bond donors (Lipinski definition) is 12. The van der Waals surface area contributed by atoms with E-state index in [1.807, 2.05) is 13.8 Å². The first-order chi connectivity index (χ1) is 32.7. The molecule has 70 heavy (non-hydrogen) atoms. The van der Waals surface area contributed by atoms with Crippen molar-refractivity contribution < 1.29 is 17.6 Å². The highest BCUT2D eigenvalue weighted by Crippen LogP contribution is 2.37. The largest absolute Gasteiger partial charge is 0.370 e. The van der Waals surface area contributed by atoms with Crippen LogP contribution < -0.4 is 65.5 Å². The third kappa shape index (κ3) is 18.7. The molecule has 0 fully saturated rings.